The van der Waals surface area contributed by atoms with Crippen LogP contribution in [0.1, 0.15) is 35.1 Å². The van der Waals surface area contributed by atoms with Gasteiger partial charge in [0.1, 0.15) is 0 Å². The van der Waals surface area contributed by atoms with Crippen LogP contribution in [0.4, 0.5) is 0 Å². The first-order valence-electron chi connectivity index (χ1n) is 6.50. The van der Waals surface area contributed by atoms with Gasteiger partial charge in [-0.15, -0.1) is 0 Å². The Kier molecular flexibility index (Phi) is 3.46. The Morgan fingerprint density at radius 3 is 2.39 bits per heavy atom. The molecular weight excluding hydrogens is 220 g/mol. The number of rotatable bonds is 3. The van der Waals surface area contributed by atoms with Gasteiger partial charge < -0.3 is 9.13 Å². The average molecular weight is 242 g/mol. The van der Waals surface area contributed by atoms with Crippen LogP contribution in [-0.4, -0.2) is 9.13 Å². The van der Waals surface area contributed by atoms with E-state index in [2.05, 4.69) is 74.5 Å². The van der Waals surface area contributed by atoms with Crippen molar-refractivity contribution in [3.05, 3.63) is 46.5 Å². The van der Waals surface area contributed by atoms with Crippen molar-refractivity contribution in [3.8, 4) is 0 Å². The van der Waals surface area contributed by atoms with Crippen molar-refractivity contribution in [3.63, 3.8) is 0 Å². The van der Waals surface area contributed by atoms with Gasteiger partial charge in [-0.1, -0.05) is 6.92 Å². The molecule has 0 fully saturated rings. The Balaban J connectivity index is 2.41. The zero-order valence-electron chi connectivity index (χ0n) is 12.0. The lowest BCUT2D eigenvalue weighted by Gasteiger charge is -2.01. The van der Waals surface area contributed by atoms with E-state index in [0.717, 1.165) is 6.42 Å². The van der Waals surface area contributed by atoms with Crippen molar-refractivity contribution in [2.75, 3.05) is 0 Å². The van der Waals surface area contributed by atoms with Crippen LogP contribution < -0.4 is 0 Å². The molecule has 0 atom stereocenters. The first-order chi connectivity index (χ1) is 8.56. The van der Waals surface area contributed by atoms with Crippen molar-refractivity contribution < 1.29 is 0 Å². The zero-order valence-corrected chi connectivity index (χ0v) is 12.0. The Bertz CT molecular complexity index is 583. The molecule has 2 nitrogen and oxygen atoms in total. The summed E-state index contributed by atoms with van der Waals surface area (Å²) in [6.45, 7) is 6.64. The molecule has 0 N–H and O–H groups in total. The summed E-state index contributed by atoms with van der Waals surface area (Å²) >= 11 is 0. The van der Waals surface area contributed by atoms with Crippen LogP contribution in [0.25, 0.3) is 12.2 Å². The summed E-state index contributed by atoms with van der Waals surface area (Å²) in [5.41, 5.74) is 6.80. The number of hydrogen-bond acceptors (Lipinski definition) is 0. The molecule has 0 aliphatic heterocycles. The van der Waals surface area contributed by atoms with Crippen LogP contribution in [0.3, 0.4) is 0 Å². The molecule has 2 aromatic heterocycles. The molecule has 0 spiro atoms. The molecule has 0 unspecified atom stereocenters. The highest BCUT2D eigenvalue weighted by Crippen LogP contribution is 2.23. The second-order valence-electron chi connectivity index (χ2n) is 4.86. The fourth-order valence-corrected chi connectivity index (χ4v) is 2.63. The van der Waals surface area contributed by atoms with E-state index < -0.39 is 0 Å². The maximum atomic E-state index is 2.29. The normalized spacial score (nSPS) is 11.6. The summed E-state index contributed by atoms with van der Waals surface area (Å²) in [7, 11) is 4.21. The van der Waals surface area contributed by atoms with Gasteiger partial charge in [-0.3, -0.25) is 0 Å². The average Bonchev–Trinajstić information content (AvgIpc) is 2.83. The van der Waals surface area contributed by atoms with E-state index in [-0.39, 0.29) is 0 Å². The molecule has 0 amide bonds. The molecule has 2 aromatic rings. The summed E-state index contributed by atoms with van der Waals surface area (Å²) in [6.07, 6.45) is 7.57. The van der Waals surface area contributed by atoms with Gasteiger partial charge in [0.2, 0.25) is 0 Å². The maximum absolute atomic E-state index is 2.29. The van der Waals surface area contributed by atoms with E-state index in [9.17, 15) is 0 Å². The third-order valence-electron chi connectivity index (χ3n) is 3.89. The fraction of sp³-hybridized carbons (Fsp3) is 0.375. The topological polar surface area (TPSA) is 9.86 Å². The zero-order chi connectivity index (χ0) is 13.3. The summed E-state index contributed by atoms with van der Waals surface area (Å²) in [4.78, 5) is 0. The van der Waals surface area contributed by atoms with Crippen LogP contribution in [-0.2, 0) is 20.5 Å². The Hall–Kier alpha value is -1.70. The Labute approximate surface area is 110 Å². The highest BCUT2D eigenvalue weighted by molar-refractivity contribution is 5.69. The predicted molar refractivity (Wildman–Crippen MR) is 78.6 cm³/mol. The molecule has 0 aliphatic rings. The fourth-order valence-electron chi connectivity index (χ4n) is 2.63. The van der Waals surface area contributed by atoms with E-state index in [1.54, 1.807) is 0 Å². The molecule has 0 saturated heterocycles. The highest BCUT2D eigenvalue weighted by Gasteiger charge is 2.11. The van der Waals surface area contributed by atoms with E-state index >= 15 is 0 Å². The Morgan fingerprint density at radius 2 is 1.89 bits per heavy atom. The van der Waals surface area contributed by atoms with E-state index in [1.807, 2.05) is 0 Å². The maximum Gasteiger partial charge on any atom is 0.0439 e. The van der Waals surface area contributed by atoms with E-state index in [4.69, 9.17) is 0 Å². The number of hydrogen-bond donors (Lipinski definition) is 0. The van der Waals surface area contributed by atoms with E-state index in [0.29, 0.717) is 0 Å². The molecule has 0 aliphatic carbocycles. The van der Waals surface area contributed by atoms with Gasteiger partial charge in [0.15, 0.2) is 0 Å². The summed E-state index contributed by atoms with van der Waals surface area (Å²) in [6, 6.07) is 4.20. The number of nitrogens with zero attached hydrogens (tertiary/aromatic N) is 2. The minimum absolute atomic E-state index is 1.10. The van der Waals surface area contributed by atoms with Gasteiger partial charge in [0.05, 0.1) is 0 Å². The molecule has 0 aromatic carbocycles. The van der Waals surface area contributed by atoms with Crippen molar-refractivity contribution in [2.45, 2.75) is 27.2 Å². The highest BCUT2D eigenvalue weighted by atomic mass is 15.0. The summed E-state index contributed by atoms with van der Waals surface area (Å²) in [5, 5.41) is 0. The first kappa shape index (κ1) is 12.7. The third-order valence-corrected chi connectivity index (χ3v) is 3.89. The van der Waals surface area contributed by atoms with E-state index in [1.165, 1.54) is 28.2 Å². The molecule has 96 valence electrons. The quantitative estimate of drug-likeness (QED) is 0.776. The van der Waals surface area contributed by atoms with Crippen LogP contribution >= 0.6 is 0 Å². The molecule has 0 saturated carbocycles. The first-order valence-corrected chi connectivity index (χ1v) is 6.50. The predicted octanol–water partition coefficient (Wildman–Crippen LogP) is 3.71. The summed E-state index contributed by atoms with van der Waals surface area (Å²) in [5.74, 6) is 0. The largest absolute Gasteiger partial charge is 0.351 e. The second-order valence-corrected chi connectivity index (χ2v) is 4.86. The molecule has 2 heteroatoms. The molecule has 0 bridgehead atoms. The lowest BCUT2D eigenvalue weighted by Crippen LogP contribution is -1.94. The molecule has 0 radical (unpaired) electrons. The van der Waals surface area contributed by atoms with Crippen LogP contribution in [0, 0.1) is 13.8 Å². The van der Waals surface area contributed by atoms with Gasteiger partial charge >= 0.3 is 0 Å². The smallest absolute Gasteiger partial charge is 0.0439 e. The third kappa shape index (κ3) is 2.03. The van der Waals surface area contributed by atoms with Crippen molar-refractivity contribution >= 4 is 12.2 Å². The van der Waals surface area contributed by atoms with Crippen molar-refractivity contribution in [1.29, 1.82) is 0 Å². The van der Waals surface area contributed by atoms with Gasteiger partial charge in [0, 0.05) is 37.4 Å². The lowest BCUT2D eigenvalue weighted by atomic mass is 10.1. The molecule has 18 heavy (non-hydrogen) atoms. The standard InChI is InChI=1S/C16H22N2/c1-6-15-12(2)16(18(5)13(15)3)10-9-14-8-7-11-17(14)4/h7-11H,6H2,1-5H3. The van der Waals surface area contributed by atoms with Crippen molar-refractivity contribution in [2.24, 2.45) is 14.1 Å². The molecule has 2 rings (SSSR count). The number of aromatic nitrogens is 2. The SMILES string of the molecule is CCc1c(C)c(C=Cc2cccn2C)n(C)c1C. The molecule has 2 heterocycles. The number of aryl methyl sites for hydroxylation is 1. The summed E-state index contributed by atoms with van der Waals surface area (Å²) < 4.78 is 4.41. The van der Waals surface area contributed by atoms with Crippen molar-refractivity contribution in [1.82, 2.24) is 9.13 Å². The van der Waals surface area contributed by atoms with Gasteiger partial charge in [-0.2, -0.15) is 0 Å². The minimum Gasteiger partial charge on any atom is -0.351 e. The van der Waals surface area contributed by atoms with Gasteiger partial charge in [-0.05, 0) is 55.7 Å². The second kappa shape index (κ2) is 4.89. The van der Waals surface area contributed by atoms with Crippen LogP contribution in [0.5, 0.6) is 0 Å². The van der Waals surface area contributed by atoms with Gasteiger partial charge in [0.25, 0.3) is 0 Å². The van der Waals surface area contributed by atoms with Crippen LogP contribution in [0.2, 0.25) is 0 Å². The Morgan fingerprint density at radius 1 is 1.17 bits per heavy atom. The monoisotopic (exact) mass is 242 g/mol. The molecular formula is C16H22N2. The minimum atomic E-state index is 1.10. The van der Waals surface area contributed by atoms with Crippen LogP contribution in [0.15, 0.2) is 18.3 Å². The van der Waals surface area contributed by atoms with Gasteiger partial charge in [-0.25, -0.2) is 0 Å². The lowest BCUT2D eigenvalue weighted by molar-refractivity contribution is 0.859.